The third-order valence-electron chi connectivity index (χ3n) is 3.21. The van der Waals surface area contributed by atoms with Crippen molar-refractivity contribution in [2.24, 2.45) is 0 Å². The van der Waals surface area contributed by atoms with Crippen molar-refractivity contribution >= 4 is 5.97 Å². The number of carbonyl (C=O) groups is 1. The molecule has 5 nitrogen and oxygen atoms in total. The number of carboxylic acid groups (broad SMARTS) is 1. The van der Waals surface area contributed by atoms with Gasteiger partial charge in [-0.25, -0.2) is 9.18 Å². The van der Waals surface area contributed by atoms with E-state index in [4.69, 9.17) is 4.74 Å². The lowest BCUT2D eigenvalue weighted by atomic mass is 9.99. The molecule has 0 bridgehead atoms. The van der Waals surface area contributed by atoms with Crippen LogP contribution >= 0.6 is 0 Å². The van der Waals surface area contributed by atoms with Gasteiger partial charge in [0.2, 0.25) is 0 Å². The number of hydrogen-bond acceptors (Lipinski definition) is 3. The molecule has 0 aliphatic heterocycles. The Kier molecular flexibility index (Phi) is 4.70. The largest absolute Gasteiger partial charge is 0.478 e. The van der Waals surface area contributed by atoms with Crippen LogP contribution < -0.4 is 0 Å². The molecule has 0 atom stereocenters. The minimum Gasteiger partial charge on any atom is -0.478 e. The average Bonchev–Trinajstić information content (AvgIpc) is 2.90. The van der Waals surface area contributed by atoms with Crippen molar-refractivity contribution in [2.45, 2.75) is 19.9 Å². The van der Waals surface area contributed by atoms with Crippen molar-refractivity contribution in [3.63, 3.8) is 0 Å². The summed E-state index contributed by atoms with van der Waals surface area (Å²) in [5.74, 6) is -1.68. The molecule has 0 spiro atoms. The lowest BCUT2D eigenvalue weighted by molar-refractivity contribution is 0.0697. The third-order valence-corrected chi connectivity index (χ3v) is 3.21. The number of nitrogens with zero attached hydrogens (tertiary/aromatic N) is 2. The molecule has 0 aliphatic rings. The van der Waals surface area contributed by atoms with Crippen molar-refractivity contribution < 1.29 is 19.0 Å². The zero-order valence-electron chi connectivity index (χ0n) is 12.0. The van der Waals surface area contributed by atoms with Gasteiger partial charge in [0.15, 0.2) is 0 Å². The molecule has 6 heteroatoms. The van der Waals surface area contributed by atoms with Crippen molar-refractivity contribution in [3.8, 4) is 11.1 Å². The highest BCUT2D eigenvalue weighted by atomic mass is 19.1. The van der Waals surface area contributed by atoms with Gasteiger partial charge in [0, 0.05) is 32.0 Å². The number of hydrogen-bond donors (Lipinski definition) is 1. The van der Waals surface area contributed by atoms with Crippen LogP contribution in [0.3, 0.4) is 0 Å². The van der Waals surface area contributed by atoms with E-state index in [1.165, 1.54) is 6.07 Å². The first-order chi connectivity index (χ1) is 10.0. The summed E-state index contributed by atoms with van der Waals surface area (Å²) in [6.07, 6.45) is 4.16. The Labute approximate surface area is 122 Å². The van der Waals surface area contributed by atoms with Gasteiger partial charge in [-0.1, -0.05) is 0 Å². The molecular weight excluding hydrogens is 275 g/mol. The lowest BCUT2D eigenvalue weighted by Gasteiger charge is -2.06. The molecule has 2 rings (SSSR count). The Bertz CT molecular complexity index is 652. The van der Waals surface area contributed by atoms with E-state index < -0.39 is 11.8 Å². The number of aromatic carboxylic acids is 1. The van der Waals surface area contributed by atoms with Gasteiger partial charge < -0.3 is 9.84 Å². The highest BCUT2D eigenvalue weighted by Gasteiger charge is 2.16. The molecule has 0 unspecified atom stereocenters. The molecule has 2 aromatic rings. The number of aryl methyl sites for hydroxylation is 2. The molecule has 112 valence electrons. The molecule has 1 heterocycles. The van der Waals surface area contributed by atoms with Gasteiger partial charge in [0.05, 0.1) is 11.8 Å². The van der Waals surface area contributed by atoms with E-state index in [2.05, 4.69) is 5.10 Å². The summed E-state index contributed by atoms with van der Waals surface area (Å²) in [6, 6.07) is 2.59. The predicted molar refractivity (Wildman–Crippen MR) is 75.8 cm³/mol. The van der Waals surface area contributed by atoms with Gasteiger partial charge >= 0.3 is 5.97 Å². The van der Waals surface area contributed by atoms with Gasteiger partial charge in [-0.2, -0.15) is 5.10 Å². The number of ether oxygens (including phenoxy) is 1. The number of benzene rings is 1. The molecule has 0 amide bonds. The Morgan fingerprint density at radius 2 is 2.24 bits per heavy atom. The fourth-order valence-electron chi connectivity index (χ4n) is 2.09. The number of rotatable bonds is 6. The smallest absolute Gasteiger partial charge is 0.336 e. The number of methoxy groups -OCH3 is 1. The second kappa shape index (κ2) is 6.49. The maximum Gasteiger partial charge on any atom is 0.336 e. The zero-order valence-corrected chi connectivity index (χ0v) is 12.0. The maximum absolute atomic E-state index is 13.5. The summed E-state index contributed by atoms with van der Waals surface area (Å²) in [7, 11) is 1.63. The number of halogens is 1. The Hall–Kier alpha value is -2.21. The van der Waals surface area contributed by atoms with Crippen LogP contribution in [-0.2, 0) is 11.3 Å². The molecule has 0 saturated carbocycles. The zero-order chi connectivity index (χ0) is 15.4. The van der Waals surface area contributed by atoms with Crippen LogP contribution in [0.5, 0.6) is 0 Å². The van der Waals surface area contributed by atoms with E-state index in [1.54, 1.807) is 31.1 Å². The van der Waals surface area contributed by atoms with Crippen LogP contribution in [0, 0.1) is 12.7 Å². The van der Waals surface area contributed by atoms with E-state index in [9.17, 15) is 14.3 Å². The van der Waals surface area contributed by atoms with Crippen LogP contribution in [-0.4, -0.2) is 34.6 Å². The maximum atomic E-state index is 13.5. The van der Waals surface area contributed by atoms with Crippen LogP contribution in [0.25, 0.3) is 11.1 Å². The highest BCUT2D eigenvalue weighted by molar-refractivity contribution is 5.96. The van der Waals surface area contributed by atoms with Gasteiger partial charge in [0.25, 0.3) is 0 Å². The standard InChI is InChI=1S/C15H17FN2O3/c1-10-6-12(13(15(19)20)7-14(10)16)11-8-17-18(9-11)4-3-5-21-2/h6-9H,3-5H2,1-2H3,(H,19,20). The molecule has 1 N–H and O–H groups in total. The second-order valence-corrected chi connectivity index (χ2v) is 4.79. The molecule has 0 radical (unpaired) electrons. The van der Waals surface area contributed by atoms with Crippen LogP contribution in [0.1, 0.15) is 22.3 Å². The van der Waals surface area contributed by atoms with Crippen molar-refractivity contribution in [1.82, 2.24) is 9.78 Å². The summed E-state index contributed by atoms with van der Waals surface area (Å²) < 4.78 is 20.2. The summed E-state index contributed by atoms with van der Waals surface area (Å²) in [4.78, 5) is 11.3. The quantitative estimate of drug-likeness (QED) is 0.831. The summed E-state index contributed by atoms with van der Waals surface area (Å²) in [5, 5.41) is 13.4. The van der Waals surface area contributed by atoms with E-state index in [0.29, 0.717) is 29.8 Å². The van der Waals surface area contributed by atoms with Crippen LogP contribution in [0.4, 0.5) is 4.39 Å². The molecule has 0 aliphatic carbocycles. The van der Waals surface area contributed by atoms with Crippen molar-refractivity contribution in [2.75, 3.05) is 13.7 Å². The first-order valence-corrected chi connectivity index (χ1v) is 6.58. The monoisotopic (exact) mass is 292 g/mol. The van der Waals surface area contributed by atoms with E-state index in [1.807, 2.05) is 0 Å². The Morgan fingerprint density at radius 1 is 1.48 bits per heavy atom. The number of aromatic nitrogens is 2. The Balaban J connectivity index is 2.33. The first-order valence-electron chi connectivity index (χ1n) is 6.58. The van der Waals surface area contributed by atoms with Gasteiger partial charge in [-0.05, 0) is 36.6 Å². The van der Waals surface area contributed by atoms with Crippen molar-refractivity contribution in [1.29, 1.82) is 0 Å². The normalized spacial score (nSPS) is 10.8. The first kappa shape index (κ1) is 15.2. The SMILES string of the molecule is COCCCn1cc(-c2cc(C)c(F)cc2C(=O)O)cn1. The van der Waals surface area contributed by atoms with Gasteiger partial charge in [-0.15, -0.1) is 0 Å². The van der Waals surface area contributed by atoms with Crippen molar-refractivity contribution in [3.05, 3.63) is 41.5 Å². The van der Waals surface area contributed by atoms with Crippen LogP contribution in [0.2, 0.25) is 0 Å². The molecule has 21 heavy (non-hydrogen) atoms. The Morgan fingerprint density at radius 3 is 2.90 bits per heavy atom. The highest BCUT2D eigenvalue weighted by Crippen LogP contribution is 2.26. The summed E-state index contributed by atoms with van der Waals surface area (Å²) >= 11 is 0. The summed E-state index contributed by atoms with van der Waals surface area (Å²) in [5.41, 5.74) is 1.48. The fourth-order valence-corrected chi connectivity index (χ4v) is 2.09. The van der Waals surface area contributed by atoms with Gasteiger partial charge in [0.1, 0.15) is 5.82 Å². The molecule has 0 saturated heterocycles. The second-order valence-electron chi connectivity index (χ2n) is 4.79. The summed E-state index contributed by atoms with van der Waals surface area (Å²) in [6.45, 7) is 2.91. The minimum atomic E-state index is -1.16. The molecule has 1 aromatic heterocycles. The number of carboxylic acids is 1. The molecule has 0 fully saturated rings. The van der Waals surface area contributed by atoms with E-state index in [0.717, 1.165) is 12.5 Å². The topological polar surface area (TPSA) is 64.3 Å². The molecular formula is C15H17FN2O3. The fraction of sp³-hybridized carbons (Fsp3) is 0.333. The predicted octanol–water partition coefficient (Wildman–Crippen LogP) is 2.73. The average molecular weight is 292 g/mol. The van der Waals surface area contributed by atoms with Crippen LogP contribution in [0.15, 0.2) is 24.5 Å². The molecule has 1 aromatic carbocycles. The minimum absolute atomic E-state index is 0.0606. The third kappa shape index (κ3) is 3.46. The van der Waals surface area contributed by atoms with Gasteiger partial charge in [-0.3, -0.25) is 4.68 Å². The van der Waals surface area contributed by atoms with E-state index in [-0.39, 0.29) is 5.56 Å². The lowest BCUT2D eigenvalue weighted by Crippen LogP contribution is -2.02. The van der Waals surface area contributed by atoms with E-state index >= 15 is 0 Å².